The van der Waals surface area contributed by atoms with Crippen LogP contribution in [0.4, 0.5) is 0 Å². The Morgan fingerprint density at radius 1 is 0.667 bits per heavy atom. The van der Waals surface area contributed by atoms with Gasteiger partial charge in [-0.1, -0.05) is 12.6 Å². The van der Waals surface area contributed by atoms with Gasteiger partial charge in [-0.3, -0.25) is 9.59 Å². The molecule has 1 aliphatic carbocycles. The maximum Gasteiger partial charge on any atom is 0.231 e. The number of hydrogen-bond acceptors (Lipinski definition) is 10. The third-order valence-electron chi connectivity index (χ3n) is 8.74. The number of carbonyl (C=O) groups excluding carboxylic acids is 2. The van der Waals surface area contributed by atoms with Crippen LogP contribution in [-0.2, 0) is 6.42 Å². The van der Waals surface area contributed by atoms with E-state index in [1.807, 2.05) is 12.1 Å². The third kappa shape index (κ3) is 5.63. The zero-order valence-corrected chi connectivity index (χ0v) is 27.7. The Labute approximate surface area is 278 Å². The Kier molecular flexibility index (Phi) is 8.90. The predicted octanol–water partition coefficient (Wildman–Crippen LogP) is 7.31. The minimum atomic E-state index is -0.220. The second kappa shape index (κ2) is 13.2. The number of carbonyl (C=O) groups is 2. The number of fused-ring (bicyclic) bond motifs is 5. The monoisotopic (exact) mass is 652 g/mol. The smallest absolute Gasteiger partial charge is 0.231 e. The number of benzene rings is 4. The molecule has 0 radical (unpaired) electrons. The van der Waals surface area contributed by atoms with Gasteiger partial charge in [-0.05, 0) is 96.1 Å². The van der Waals surface area contributed by atoms with Crippen molar-refractivity contribution in [3.8, 4) is 68.2 Å². The molecule has 248 valence electrons. The highest BCUT2D eigenvalue weighted by atomic mass is 16.7. The van der Waals surface area contributed by atoms with E-state index in [9.17, 15) is 9.59 Å². The van der Waals surface area contributed by atoms with Gasteiger partial charge < -0.3 is 37.9 Å². The summed E-state index contributed by atoms with van der Waals surface area (Å²) in [5, 5.41) is 0. The molecule has 10 heteroatoms. The molecule has 0 atom stereocenters. The molecule has 0 saturated carbocycles. The molecule has 4 aromatic carbocycles. The molecule has 2 heterocycles. The third-order valence-corrected chi connectivity index (χ3v) is 8.74. The first-order valence-corrected chi connectivity index (χ1v) is 15.3. The second-order valence-electron chi connectivity index (χ2n) is 11.3. The van der Waals surface area contributed by atoms with E-state index >= 15 is 0 Å². The van der Waals surface area contributed by atoms with Gasteiger partial charge in [0.25, 0.3) is 0 Å². The molecular weight excluding hydrogens is 616 g/mol. The van der Waals surface area contributed by atoms with E-state index in [2.05, 4.69) is 26.5 Å². The van der Waals surface area contributed by atoms with E-state index in [4.69, 9.17) is 37.9 Å². The maximum atomic E-state index is 12.6. The van der Waals surface area contributed by atoms with Crippen LogP contribution in [-0.4, -0.2) is 53.6 Å². The quantitative estimate of drug-likeness (QED) is 0.149. The number of aryl methyl sites for hydroxylation is 1. The van der Waals surface area contributed by atoms with Crippen molar-refractivity contribution in [2.24, 2.45) is 0 Å². The van der Waals surface area contributed by atoms with E-state index in [0.29, 0.717) is 69.8 Å². The highest BCUT2D eigenvalue weighted by molar-refractivity contribution is 6.09. The summed E-state index contributed by atoms with van der Waals surface area (Å²) in [4.78, 5) is 24.9. The SMILES string of the molecule is C=CC(=O)c1cc2c(cc1-c1cc(OC)c(OC)c(OC)c1)OCO2.COc1c(C)c(C)cc2c1CCC(=O)c1cc3c(cc1-2)OCO3. The van der Waals surface area contributed by atoms with Gasteiger partial charge in [0.05, 0.1) is 28.4 Å². The lowest BCUT2D eigenvalue weighted by Crippen LogP contribution is -2.00. The van der Waals surface area contributed by atoms with Crippen LogP contribution in [0.5, 0.6) is 46.0 Å². The van der Waals surface area contributed by atoms with Crippen LogP contribution in [0, 0.1) is 13.8 Å². The van der Waals surface area contributed by atoms with Gasteiger partial charge >= 0.3 is 0 Å². The molecule has 48 heavy (non-hydrogen) atoms. The molecule has 0 N–H and O–H groups in total. The number of methoxy groups -OCH3 is 4. The fourth-order valence-corrected chi connectivity index (χ4v) is 6.20. The molecular formula is C38H36O10. The standard InChI is InChI=1S/C19H18O6.C19H18O4/c1-5-14(20)13-9-16-15(24-10-25-16)8-12(13)11-6-17(21-2)19(23-4)18(7-11)22-3;1-10-6-13-12(19(21-3)11(10)2)4-5-16(20)15-8-18-17(7-14(13)15)22-9-23-18/h5-9H,1,10H2,2-4H3;6-8H,4-5,9H2,1-3H3. The average molecular weight is 653 g/mol. The first kappa shape index (κ1) is 32.3. The van der Waals surface area contributed by atoms with Crippen LogP contribution in [0.3, 0.4) is 0 Å². The molecule has 0 bridgehead atoms. The molecule has 0 unspecified atom stereocenters. The summed E-state index contributed by atoms with van der Waals surface area (Å²) in [6, 6.07) is 12.9. The fraction of sp³-hybridized carbons (Fsp3) is 0.263. The number of hydrogen-bond donors (Lipinski definition) is 0. The van der Waals surface area contributed by atoms with Gasteiger partial charge in [-0.25, -0.2) is 0 Å². The van der Waals surface area contributed by atoms with E-state index in [-0.39, 0.29) is 25.2 Å². The zero-order valence-electron chi connectivity index (χ0n) is 27.7. The van der Waals surface area contributed by atoms with Crippen molar-refractivity contribution in [1.82, 2.24) is 0 Å². The predicted molar refractivity (Wildman–Crippen MR) is 179 cm³/mol. The van der Waals surface area contributed by atoms with Crippen molar-refractivity contribution in [3.05, 3.63) is 82.9 Å². The first-order valence-electron chi connectivity index (χ1n) is 15.3. The van der Waals surface area contributed by atoms with Crippen molar-refractivity contribution in [2.45, 2.75) is 26.7 Å². The maximum absolute atomic E-state index is 12.6. The molecule has 0 amide bonds. The van der Waals surface area contributed by atoms with Crippen LogP contribution in [0.25, 0.3) is 22.3 Å². The number of ether oxygens (including phenoxy) is 8. The summed E-state index contributed by atoms with van der Waals surface area (Å²) in [6.45, 7) is 8.02. The fourth-order valence-electron chi connectivity index (χ4n) is 6.20. The summed E-state index contributed by atoms with van der Waals surface area (Å²) >= 11 is 0. The van der Waals surface area contributed by atoms with E-state index < -0.39 is 0 Å². The van der Waals surface area contributed by atoms with Crippen LogP contribution < -0.4 is 37.9 Å². The summed E-state index contributed by atoms with van der Waals surface area (Å²) in [7, 11) is 6.30. The molecule has 3 aliphatic rings. The molecule has 4 aromatic rings. The Bertz CT molecular complexity index is 1930. The molecule has 0 saturated heterocycles. The highest BCUT2D eigenvalue weighted by Gasteiger charge is 2.28. The van der Waals surface area contributed by atoms with Gasteiger partial charge in [0.15, 0.2) is 46.1 Å². The highest BCUT2D eigenvalue weighted by Crippen LogP contribution is 2.46. The molecule has 0 fully saturated rings. The van der Waals surface area contributed by atoms with Gasteiger partial charge in [-0.15, -0.1) is 0 Å². The second-order valence-corrected chi connectivity index (χ2v) is 11.3. The first-order chi connectivity index (χ1) is 23.2. The topological polar surface area (TPSA) is 108 Å². The van der Waals surface area contributed by atoms with Crippen LogP contribution >= 0.6 is 0 Å². The lowest BCUT2D eigenvalue weighted by Gasteiger charge is -2.17. The number of rotatable bonds is 7. The molecule has 0 aromatic heterocycles. The summed E-state index contributed by atoms with van der Waals surface area (Å²) in [6.07, 6.45) is 2.41. The number of Topliss-reactive ketones (excluding diaryl/α,β-unsaturated/α-hetero) is 1. The van der Waals surface area contributed by atoms with Crippen LogP contribution in [0.1, 0.15) is 43.8 Å². The van der Waals surface area contributed by atoms with Crippen molar-refractivity contribution in [1.29, 1.82) is 0 Å². The molecule has 0 spiro atoms. The van der Waals surface area contributed by atoms with Crippen molar-refractivity contribution in [2.75, 3.05) is 42.0 Å². The Balaban J connectivity index is 0.000000168. The number of allylic oxidation sites excluding steroid dienone is 1. The van der Waals surface area contributed by atoms with E-state index in [1.54, 1.807) is 31.4 Å². The van der Waals surface area contributed by atoms with Crippen LogP contribution in [0.15, 0.2) is 55.1 Å². The normalized spacial score (nSPS) is 13.3. The lowest BCUT2D eigenvalue weighted by molar-refractivity contribution is 0.0983. The summed E-state index contributed by atoms with van der Waals surface area (Å²) in [5.74, 6) is 4.71. The van der Waals surface area contributed by atoms with E-state index in [0.717, 1.165) is 39.1 Å². The Hall–Kier alpha value is -5.64. The Morgan fingerprint density at radius 3 is 1.75 bits per heavy atom. The lowest BCUT2D eigenvalue weighted by atomic mass is 9.91. The minimum Gasteiger partial charge on any atom is -0.496 e. The van der Waals surface area contributed by atoms with Gasteiger partial charge in [0, 0.05) is 23.1 Å². The summed E-state index contributed by atoms with van der Waals surface area (Å²) < 4.78 is 43.5. The van der Waals surface area contributed by atoms with Crippen molar-refractivity contribution >= 4 is 11.6 Å². The van der Waals surface area contributed by atoms with Crippen LogP contribution in [0.2, 0.25) is 0 Å². The van der Waals surface area contributed by atoms with Gasteiger partial charge in [-0.2, -0.15) is 0 Å². The zero-order chi connectivity index (χ0) is 34.1. The Morgan fingerprint density at radius 2 is 1.21 bits per heavy atom. The minimum absolute atomic E-state index is 0.121. The van der Waals surface area contributed by atoms with Crippen molar-refractivity contribution in [3.63, 3.8) is 0 Å². The van der Waals surface area contributed by atoms with Gasteiger partial charge in [0.2, 0.25) is 19.3 Å². The molecule has 7 rings (SSSR count). The summed E-state index contributed by atoms with van der Waals surface area (Å²) in [5.41, 5.74) is 7.89. The van der Waals surface area contributed by atoms with Crippen molar-refractivity contribution < 1.29 is 47.5 Å². The molecule has 10 nitrogen and oxygen atoms in total. The molecule has 2 aliphatic heterocycles. The largest absolute Gasteiger partial charge is 0.496 e. The van der Waals surface area contributed by atoms with E-state index in [1.165, 1.54) is 27.4 Å². The average Bonchev–Trinajstić information content (AvgIpc) is 3.76. The van der Waals surface area contributed by atoms with Gasteiger partial charge in [0.1, 0.15) is 5.75 Å². The number of ketones is 2.